The van der Waals surface area contributed by atoms with E-state index in [0.717, 1.165) is 0 Å². The molecule has 0 unspecified atom stereocenters. The summed E-state index contributed by atoms with van der Waals surface area (Å²) in [6.07, 6.45) is 0. The van der Waals surface area contributed by atoms with Gasteiger partial charge in [-0.2, -0.15) is 35.2 Å². The van der Waals surface area contributed by atoms with Gasteiger partial charge in [0.05, 0.1) is 0 Å². The standard InChI is InChI=1S/5CH4N.Ta/c5*1-2;/h5*2H,1H3;/q5*-1;+5. The Morgan fingerprint density at radius 1 is 0.364 bits per heavy atom. The van der Waals surface area contributed by atoms with Gasteiger partial charge in [-0.05, 0) is 0 Å². The molecule has 0 aromatic carbocycles. The average Bonchev–Trinajstić information content (AvgIpc) is 2.20. The van der Waals surface area contributed by atoms with Crippen LogP contribution in [0.3, 0.4) is 0 Å². The molecule has 0 heterocycles. The summed E-state index contributed by atoms with van der Waals surface area (Å²) in [6, 6.07) is 0. The van der Waals surface area contributed by atoms with Crippen molar-refractivity contribution in [2.75, 3.05) is 35.2 Å². The van der Waals surface area contributed by atoms with Crippen molar-refractivity contribution in [1.82, 2.24) is 0 Å². The number of rotatable bonds is 0. The maximum atomic E-state index is 5.75. The monoisotopic (exact) mass is 331 g/mol. The van der Waals surface area contributed by atoms with Crippen LogP contribution in [0.15, 0.2) is 0 Å². The van der Waals surface area contributed by atoms with E-state index >= 15 is 0 Å². The third-order valence-corrected chi connectivity index (χ3v) is 0. The second-order valence-corrected chi connectivity index (χ2v) is 0. The summed E-state index contributed by atoms with van der Waals surface area (Å²) in [5.41, 5.74) is 28.8. The van der Waals surface area contributed by atoms with Gasteiger partial charge >= 0.3 is 22.4 Å². The minimum atomic E-state index is 0. The van der Waals surface area contributed by atoms with E-state index in [2.05, 4.69) is 0 Å². The average molecular weight is 331 g/mol. The Hall–Kier alpha value is 0.540. The van der Waals surface area contributed by atoms with E-state index in [0.29, 0.717) is 0 Å². The van der Waals surface area contributed by atoms with Gasteiger partial charge in [0, 0.05) is 0 Å². The van der Waals surface area contributed by atoms with Crippen LogP contribution < -0.4 is 0 Å². The Morgan fingerprint density at radius 2 is 0.364 bits per heavy atom. The largest absolute Gasteiger partial charge is 5.00 e. The molecule has 70 valence electrons. The van der Waals surface area contributed by atoms with E-state index in [1.165, 1.54) is 35.2 Å². The zero-order valence-corrected chi connectivity index (χ0v) is 11.2. The fraction of sp³-hybridized carbons (Fsp3) is 1.00. The Kier molecular flexibility index (Phi) is 12500. The first-order valence-electron chi connectivity index (χ1n) is 2.50. The first kappa shape index (κ1) is 41.8. The topological polar surface area (TPSA) is 119 Å². The Morgan fingerprint density at radius 3 is 0.364 bits per heavy atom. The first-order valence-corrected chi connectivity index (χ1v) is 2.50. The quantitative estimate of drug-likeness (QED) is 0.647. The third kappa shape index (κ3) is 2630. The zero-order valence-electron chi connectivity index (χ0n) is 7.95. The van der Waals surface area contributed by atoms with Gasteiger partial charge in [0.25, 0.3) is 0 Å². The molecular weight excluding hydrogens is 311 g/mol. The van der Waals surface area contributed by atoms with Crippen molar-refractivity contribution in [3.63, 3.8) is 0 Å². The number of hydrogen-bond acceptors (Lipinski definition) is 0. The summed E-state index contributed by atoms with van der Waals surface area (Å²) in [6.45, 7) is 0. The van der Waals surface area contributed by atoms with Crippen LogP contribution in [0.2, 0.25) is 0 Å². The Labute approximate surface area is 86.6 Å². The van der Waals surface area contributed by atoms with Crippen LogP contribution in [0.4, 0.5) is 0 Å². The predicted molar refractivity (Wildman–Crippen MR) is 51.2 cm³/mol. The van der Waals surface area contributed by atoms with Crippen LogP contribution in [-0.2, 0) is 22.4 Å². The Bertz CT molecular complexity index is 14.8. The smallest absolute Gasteiger partial charge is 0.680 e. The van der Waals surface area contributed by atoms with Gasteiger partial charge in [-0.1, -0.05) is 0 Å². The molecule has 0 spiro atoms. The summed E-state index contributed by atoms with van der Waals surface area (Å²) in [7, 11) is 6.25. The summed E-state index contributed by atoms with van der Waals surface area (Å²) in [4.78, 5) is 0. The van der Waals surface area contributed by atoms with Crippen LogP contribution in [0.5, 0.6) is 0 Å². The van der Waals surface area contributed by atoms with Gasteiger partial charge in [0.1, 0.15) is 0 Å². The van der Waals surface area contributed by atoms with Gasteiger partial charge in [-0.3, -0.25) is 0 Å². The molecule has 0 aromatic heterocycles. The molecule has 0 radical (unpaired) electrons. The summed E-state index contributed by atoms with van der Waals surface area (Å²) in [5, 5.41) is 0. The van der Waals surface area contributed by atoms with Gasteiger partial charge in [0.2, 0.25) is 0 Å². The molecule has 0 rings (SSSR count). The van der Waals surface area contributed by atoms with Crippen molar-refractivity contribution in [2.24, 2.45) is 0 Å². The van der Waals surface area contributed by atoms with Crippen molar-refractivity contribution in [2.45, 2.75) is 0 Å². The van der Waals surface area contributed by atoms with Crippen molar-refractivity contribution in [3.05, 3.63) is 28.7 Å². The molecule has 0 aliphatic heterocycles. The summed E-state index contributed by atoms with van der Waals surface area (Å²) in [5.74, 6) is 0. The summed E-state index contributed by atoms with van der Waals surface area (Å²) >= 11 is 0. The molecular formula is C5H20N5Ta. The van der Waals surface area contributed by atoms with Gasteiger partial charge in [-0.25, -0.2) is 0 Å². The molecule has 0 aromatic rings. The van der Waals surface area contributed by atoms with Crippen LogP contribution >= 0.6 is 0 Å². The van der Waals surface area contributed by atoms with E-state index in [1.807, 2.05) is 0 Å². The molecule has 0 fully saturated rings. The minimum Gasteiger partial charge on any atom is -0.680 e. The van der Waals surface area contributed by atoms with Crippen molar-refractivity contribution in [3.8, 4) is 0 Å². The second-order valence-electron chi connectivity index (χ2n) is 0. The molecule has 0 aliphatic rings. The molecule has 0 aliphatic carbocycles. The van der Waals surface area contributed by atoms with Crippen LogP contribution in [-0.4, -0.2) is 35.2 Å². The summed E-state index contributed by atoms with van der Waals surface area (Å²) < 4.78 is 0. The first-order chi connectivity index (χ1) is 5.00. The fourth-order valence-electron chi connectivity index (χ4n) is 0. The minimum absolute atomic E-state index is 0. The van der Waals surface area contributed by atoms with Gasteiger partial charge < -0.3 is 28.7 Å². The van der Waals surface area contributed by atoms with E-state index in [9.17, 15) is 0 Å². The maximum Gasteiger partial charge on any atom is 5.00 e. The molecule has 5 nitrogen and oxygen atoms in total. The van der Waals surface area contributed by atoms with Gasteiger partial charge in [0.15, 0.2) is 0 Å². The van der Waals surface area contributed by atoms with E-state index in [-0.39, 0.29) is 22.4 Å². The molecule has 0 amide bonds. The maximum absolute atomic E-state index is 5.75. The van der Waals surface area contributed by atoms with Crippen molar-refractivity contribution < 1.29 is 22.4 Å². The van der Waals surface area contributed by atoms with E-state index < -0.39 is 0 Å². The molecule has 0 saturated carbocycles. The zero-order chi connectivity index (χ0) is 10.0. The van der Waals surface area contributed by atoms with E-state index in [4.69, 9.17) is 28.7 Å². The van der Waals surface area contributed by atoms with E-state index in [1.54, 1.807) is 0 Å². The van der Waals surface area contributed by atoms with Crippen LogP contribution in [0, 0.1) is 0 Å². The molecule has 0 saturated heterocycles. The molecule has 6 heteroatoms. The molecule has 0 atom stereocenters. The van der Waals surface area contributed by atoms with Crippen molar-refractivity contribution >= 4 is 0 Å². The Balaban J connectivity index is -0.00000000694. The van der Waals surface area contributed by atoms with Crippen LogP contribution in [0.1, 0.15) is 0 Å². The fourth-order valence-corrected chi connectivity index (χ4v) is 0. The third-order valence-electron chi connectivity index (χ3n) is 0. The van der Waals surface area contributed by atoms with Crippen molar-refractivity contribution in [1.29, 1.82) is 0 Å². The molecule has 11 heavy (non-hydrogen) atoms. The second kappa shape index (κ2) is 3290. The van der Waals surface area contributed by atoms with Crippen LogP contribution in [0.25, 0.3) is 28.7 Å². The molecule has 5 N–H and O–H groups in total. The predicted octanol–water partition coefficient (Wildman–Crippen LogP) is 3.34. The number of nitrogens with one attached hydrogen (secondary N) is 5. The normalized spacial score (nSPS) is 2.73. The van der Waals surface area contributed by atoms with Gasteiger partial charge in [-0.15, -0.1) is 0 Å². The SMILES string of the molecule is C[NH-].C[NH-].C[NH-].C[NH-].C[NH-].[Ta+5]. The molecule has 0 bridgehead atoms. The number of hydrogen-bond donors (Lipinski definition) is 0.